The Bertz CT molecular complexity index is 557. The first kappa shape index (κ1) is 24.6. The van der Waals surface area contributed by atoms with Gasteiger partial charge in [-0.2, -0.15) is 0 Å². The SMILES string of the molecule is CC(C)=C1C[C@@H](O)[C@H](C=C[C@@H](O)CCC[C@@H](C)O)[C@H]1CC=CCCCC(=O)O. The lowest BCUT2D eigenvalue weighted by molar-refractivity contribution is -0.137. The summed E-state index contributed by atoms with van der Waals surface area (Å²) in [6.45, 7) is 5.89. The minimum absolute atomic E-state index is 0.0278. The number of aliphatic hydroxyl groups excluding tert-OH is 3. The van der Waals surface area contributed by atoms with Crippen LogP contribution in [0.1, 0.15) is 72.1 Å². The molecule has 28 heavy (non-hydrogen) atoms. The van der Waals surface area contributed by atoms with Crippen LogP contribution in [0.4, 0.5) is 0 Å². The fraction of sp³-hybridized carbons (Fsp3) is 0.696. The van der Waals surface area contributed by atoms with Gasteiger partial charge in [0.25, 0.3) is 0 Å². The monoisotopic (exact) mass is 394 g/mol. The second-order valence-corrected chi connectivity index (χ2v) is 8.21. The Morgan fingerprint density at radius 3 is 2.50 bits per heavy atom. The number of aliphatic hydroxyl groups is 3. The highest BCUT2D eigenvalue weighted by Gasteiger charge is 2.36. The molecule has 5 nitrogen and oxygen atoms in total. The summed E-state index contributed by atoms with van der Waals surface area (Å²) in [5.41, 5.74) is 2.51. The molecule has 0 aliphatic heterocycles. The van der Waals surface area contributed by atoms with Crippen molar-refractivity contribution >= 4 is 5.97 Å². The summed E-state index contributed by atoms with van der Waals surface area (Å²) in [5.74, 6) is -0.590. The van der Waals surface area contributed by atoms with Crippen LogP contribution in [-0.4, -0.2) is 44.7 Å². The van der Waals surface area contributed by atoms with Crippen molar-refractivity contribution in [1.29, 1.82) is 0 Å². The lowest BCUT2D eigenvalue weighted by Crippen LogP contribution is -2.18. The molecule has 0 amide bonds. The third kappa shape index (κ3) is 9.18. The highest BCUT2D eigenvalue weighted by Crippen LogP contribution is 2.42. The fourth-order valence-corrected chi connectivity index (χ4v) is 3.86. The molecule has 0 heterocycles. The quantitative estimate of drug-likeness (QED) is 0.296. The molecule has 0 spiro atoms. The highest BCUT2D eigenvalue weighted by molar-refractivity contribution is 5.66. The molecule has 0 bridgehead atoms. The van der Waals surface area contributed by atoms with Gasteiger partial charge in [-0.25, -0.2) is 0 Å². The van der Waals surface area contributed by atoms with Gasteiger partial charge in [0.15, 0.2) is 0 Å². The molecule has 0 radical (unpaired) electrons. The van der Waals surface area contributed by atoms with Crippen molar-refractivity contribution in [1.82, 2.24) is 0 Å². The van der Waals surface area contributed by atoms with Gasteiger partial charge in [0, 0.05) is 12.3 Å². The van der Waals surface area contributed by atoms with Crippen molar-refractivity contribution in [3.05, 3.63) is 35.5 Å². The number of carboxylic acids is 1. The Hall–Kier alpha value is -1.43. The Morgan fingerprint density at radius 2 is 1.89 bits per heavy atom. The average Bonchev–Trinajstić information content (AvgIpc) is 2.91. The molecule has 4 N–H and O–H groups in total. The van der Waals surface area contributed by atoms with Crippen LogP contribution >= 0.6 is 0 Å². The van der Waals surface area contributed by atoms with E-state index < -0.39 is 18.2 Å². The van der Waals surface area contributed by atoms with Crippen LogP contribution in [0.3, 0.4) is 0 Å². The zero-order chi connectivity index (χ0) is 21.1. The molecule has 0 aromatic carbocycles. The number of carboxylic acid groups (broad SMARTS) is 1. The van der Waals surface area contributed by atoms with E-state index in [-0.39, 0.29) is 24.4 Å². The second kappa shape index (κ2) is 12.9. The van der Waals surface area contributed by atoms with E-state index >= 15 is 0 Å². The van der Waals surface area contributed by atoms with Gasteiger partial charge in [-0.15, -0.1) is 0 Å². The van der Waals surface area contributed by atoms with Gasteiger partial charge in [0.2, 0.25) is 0 Å². The maximum Gasteiger partial charge on any atom is 0.303 e. The molecule has 1 aliphatic carbocycles. The van der Waals surface area contributed by atoms with Crippen molar-refractivity contribution in [2.45, 2.75) is 90.4 Å². The number of carbonyl (C=O) groups is 1. The molecular formula is C23H38O5. The number of hydrogen-bond acceptors (Lipinski definition) is 4. The number of unbranched alkanes of at least 4 members (excludes halogenated alkanes) is 1. The van der Waals surface area contributed by atoms with Crippen LogP contribution in [0, 0.1) is 11.8 Å². The first-order valence-corrected chi connectivity index (χ1v) is 10.5. The molecule has 1 rings (SSSR count). The van der Waals surface area contributed by atoms with E-state index in [9.17, 15) is 20.1 Å². The average molecular weight is 395 g/mol. The summed E-state index contributed by atoms with van der Waals surface area (Å²) in [4.78, 5) is 10.6. The molecular weight excluding hydrogens is 356 g/mol. The summed E-state index contributed by atoms with van der Waals surface area (Å²) in [6, 6.07) is 0. The summed E-state index contributed by atoms with van der Waals surface area (Å²) < 4.78 is 0. The minimum atomic E-state index is -0.767. The van der Waals surface area contributed by atoms with Gasteiger partial charge < -0.3 is 20.4 Å². The Morgan fingerprint density at radius 1 is 1.18 bits per heavy atom. The van der Waals surface area contributed by atoms with Crippen LogP contribution in [0.15, 0.2) is 35.5 Å². The van der Waals surface area contributed by atoms with Crippen LogP contribution < -0.4 is 0 Å². The number of aliphatic carboxylic acids is 1. The molecule has 0 saturated heterocycles. The van der Waals surface area contributed by atoms with Crippen LogP contribution in [0.25, 0.3) is 0 Å². The molecule has 160 valence electrons. The molecule has 0 unspecified atom stereocenters. The lowest BCUT2D eigenvalue weighted by atomic mass is 9.87. The van der Waals surface area contributed by atoms with E-state index in [0.29, 0.717) is 25.7 Å². The molecule has 0 aromatic heterocycles. The van der Waals surface area contributed by atoms with Crippen LogP contribution in [-0.2, 0) is 4.79 Å². The molecule has 1 saturated carbocycles. The Labute approximate surface area is 169 Å². The number of hydrogen-bond donors (Lipinski definition) is 4. The maximum atomic E-state index is 10.6. The normalized spacial score (nSPS) is 24.9. The first-order chi connectivity index (χ1) is 13.2. The van der Waals surface area contributed by atoms with Crippen LogP contribution in [0.2, 0.25) is 0 Å². The van der Waals surface area contributed by atoms with E-state index in [4.69, 9.17) is 5.11 Å². The molecule has 1 aliphatic rings. The number of rotatable bonds is 12. The zero-order valence-electron chi connectivity index (χ0n) is 17.6. The standard InChI is InChI=1S/C23H38O5/c1-16(2)21-15-22(26)20(14-13-18(25)10-8-9-17(3)24)19(21)11-6-4-5-7-12-23(27)28/h4,6,13-14,17-20,22,24-26H,5,7-12,15H2,1-3H3,(H,27,28)/t17-,18+,19-,20-,22-/m1/s1. The molecule has 1 fully saturated rings. The highest BCUT2D eigenvalue weighted by atomic mass is 16.4. The first-order valence-electron chi connectivity index (χ1n) is 10.5. The van der Waals surface area contributed by atoms with Gasteiger partial charge in [-0.1, -0.05) is 35.5 Å². The van der Waals surface area contributed by atoms with Gasteiger partial charge in [-0.3, -0.25) is 4.79 Å². The largest absolute Gasteiger partial charge is 0.481 e. The Kier molecular flexibility index (Phi) is 11.4. The van der Waals surface area contributed by atoms with Gasteiger partial charge in [-0.05, 0) is 71.6 Å². The van der Waals surface area contributed by atoms with E-state index in [2.05, 4.69) is 19.9 Å². The van der Waals surface area contributed by atoms with Crippen LogP contribution in [0.5, 0.6) is 0 Å². The molecule has 5 atom stereocenters. The lowest BCUT2D eigenvalue weighted by Gasteiger charge is -2.19. The van der Waals surface area contributed by atoms with E-state index in [1.807, 2.05) is 12.2 Å². The van der Waals surface area contributed by atoms with Crippen molar-refractivity contribution in [3.8, 4) is 0 Å². The summed E-state index contributed by atoms with van der Waals surface area (Å²) in [5, 5.41) is 38.7. The summed E-state index contributed by atoms with van der Waals surface area (Å²) >= 11 is 0. The zero-order valence-corrected chi connectivity index (χ0v) is 17.6. The third-order valence-corrected chi connectivity index (χ3v) is 5.42. The van der Waals surface area contributed by atoms with E-state index in [0.717, 1.165) is 19.3 Å². The topological polar surface area (TPSA) is 98.0 Å². The Balaban J connectivity index is 2.67. The smallest absolute Gasteiger partial charge is 0.303 e. The molecule has 0 aromatic rings. The fourth-order valence-electron chi connectivity index (χ4n) is 3.86. The van der Waals surface area contributed by atoms with Gasteiger partial charge in [0.05, 0.1) is 18.3 Å². The second-order valence-electron chi connectivity index (χ2n) is 8.21. The van der Waals surface area contributed by atoms with Crippen molar-refractivity contribution < 1.29 is 25.2 Å². The molecule has 5 heteroatoms. The van der Waals surface area contributed by atoms with Gasteiger partial charge in [0.1, 0.15) is 0 Å². The minimum Gasteiger partial charge on any atom is -0.481 e. The van der Waals surface area contributed by atoms with E-state index in [1.165, 1.54) is 11.1 Å². The summed E-state index contributed by atoms with van der Waals surface area (Å²) in [6.07, 6.45) is 11.6. The predicted molar refractivity (Wildman–Crippen MR) is 112 cm³/mol. The van der Waals surface area contributed by atoms with Crippen molar-refractivity contribution in [2.24, 2.45) is 11.8 Å². The maximum absolute atomic E-state index is 10.6. The van der Waals surface area contributed by atoms with Crippen molar-refractivity contribution in [3.63, 3.8) is 0 Å². The predicted octanol–water partition coefficient (Wildman–Crippen LogP) is 3.99. The number of allylic oxidation sites excluding steroid dienone is 3. The van der Waals surface area contributed by atoms with Gasteiger partial charge >= 0.3 is 5.97 Å². The third-order valence-electron chi connectivity index (χ3n) is 5.42. The summed E-state index contributed by atoms with van der Waals surface area (Å²) in [7, 11) is 0. The van der Waals surface area contributed by atoms with Crippen molar-refractivity contribution in [2.75, 3.05) is 0 Å². The van der Waals surface area contributed by atoms with E-state index in [1.54, 1.807) is 13.0 Å².